The van der Waals surface area contributed by atoms with Crippen molar-refractivity contribution >= 4 is 21.8 Å². The minimum Gasteiger partial charge on any atom is -0.496 e. The molecule has 0 amide bonds. The monoisotopic (exact) mass is 411 g/mol. The Morgan fingerprint density at radius 3 is 2.25 bits per heavy atom. The number of methoxy groups -OCH3 is 1. The van der Waals surface area contributed by atoms with Gasteiger partial charge in [0.25, 0.3) is 0 Å². The lowest BCUT2D eigenvalue weighted by Gasteiger charge is -2.25. The maximum Gasteiger partial charge on any atom is 0.244 e. The average Bonchev–Trinajstić information content (AvgIpc) is 3.25. The predicted molar refractivity (Wildman–Crippen MR) is 114 cm³/mol. The van der Waals surface area contributed by atoms with Crippen LogP contribution >= 0.6 is 11.8 Å². The van der Waals surface area contributed by atoms with Gasteiger partial charge in [0.2, 0.25) is 10.0 Å². The molecule has 4 nitrogen and oxygen atoms in total. The van der Waals surface area contributed by atoms with E-state index in [1.165, 1.54) is 0 Å². The number of para-hydroxylation sites is 1. The van der Waals surface area contributed by atoms with E-state index in [9.17, 15) is 8.42 Å². The summed E-state index contributed by atoms with van der Waals surface area (Å²) in [6.45, 7) is 0.482. The average molecular weight is 412 g/mol. The van der Waals surface area contributed by atoms with Crippen LogP contribution in [0.2, 0.25) is 0 Å². The van der Waals surface area contributed by atoms with E-state index < -0.39 is 10.0 Å². The highest BCUT2D eigenvalue weighted by atomic mass is 32.2. The van der Waals surface area contributed by atoms with Crippen molar-refractivity contribution in [1.82, 2.24) is 4.31 Å². The Labute approximate surface area is 170 Å². The number of thioether (sulfide) groups is 1. The van der Waals surface area contributed by atoms with E-state index in [0.717, 1.165) is 22.4 Å². The number of hydrogen-bond acceptors (Lipinski definition) is 4. The summed E-state index contributed by atoms with van der Waals surface area (Å²) >= 11 is 1.62. The molecule has 0 aromatic heterocycles. The van der Waals surface area contributed by atoms with Gasteiger partial charge in [-0.3, -0.25) is 0 Å². The summed E-state index contributed by atoms with van der Waals surface area (Å²) < 4.78 is 33.7. The van der Waals surface area contributed by atoms with Crippen LogP contribution in [0.15, 0.2) is 83.8 Å². The van der Waals surface area contributed by atoms with Gasteiger partial charge in [-0.05, 0) is 29.3 Å². The van der Waals surface area contributed by atoms with Gasteiger partial charge >= 0.3 is 0 Å². The molecule has 1 heterocycles. The van der Waals surface area contributed by atoms with Crippen LogP contribution in [0.5, 0.6) is 5.75 Å². The fourth-order valence-corrected chi connectivity index (χ4v) is 6.66. The molecule has 1 fully saturated rings. The van der Waals surface area contributed by atoms with Crippen molar-refractivity contribution in [1.29, 1.82) is 0 Å². The number of sulfonamides is 1. The molecule has 0 saturated carbocycles. The van der Waals surface area contributed by atoms with Crippen molar-refractivity contribution in [3.8, 4) is 16.9 Å². The van der Waals surface area contributed by atoms with Crippen molar-refractivity contribution < 1.29 is 13.2 Å². The van der Waals surface area contributed by atoms with Crippen LogP contribution in [0.1, 0.15) is 10.9 Å². The van der Waals surface area contributed by atoms with Crippen LogP contribution in [0, 0.1) is 0 Å². The number of nitrogens with zero attached hydrogens (tertiary/aromatic N) is 1. The maximum atomic E-state index is 13.3. The lowest BCUT2D eigenvalue weighted by atomic mass is 10.1. The third-order valence-corrected chi connectivity index (χ3v) is 8.08. The number of benzene rings is 3. The fourth-order valence-electron chi connectivity index (χ4n) is 3.40. The summed E-state index contributed by atoms with van der Waals surface area (Å²) in [6, 6.07) is 24.7. The van der Waals surface area contributed by atoms with Gasteiger partial charge in [0.1, 0.15) is 5.75 Å². The van der Waals surface area contributed by atoms with E-state index in [4.69, 9.17) is 4.74 Å². The Morgan fingerprint density at radius 2 is 1.54 bits per heavy atom. The second-order valence-electron chi connectivity index (χ2n) is 6.47. The second kappa shape index (κ2) is 7.99. The summed E-state index contributed by atoms with van der Waals surface area (Å²) in [6.07, 6.45) is 0. The molecule has 0 aliphatic carbocycles. The van der Waals surface area contributed by atoms with Crippen molar-refractivity contribution in [2.75, 3.05) is 19.4 Å². The van der Waals surface area contributed by atoms with E-state index in [0.29, 0.717) is 17.2 Å². The Bertz CT molecular complexity index is 1050. The predicted octanol–water partition coefficient (Wildman–Crippen LogP) is 4.80. The highest BCUT2D eigenvalue weighted by Crippen LogP contribution is 2.44. The summed E-state index contributed by atoms with van der Waals surface area (Å²) in [5.41, 5.74) is 2.95. The van der Waals surface area contributed by atoms with E-state index in [1.807, 2.05) is 66.7 Å². The summed E-state index contributed by atoms with van der Waals surface area (Å²) in [4.78, 5) is 0.314. The molecule has 0 N–H and O–H groups in total. The highest BCUT2D eigenvalue weighted by Gasteiger charge is 2.38. The van der Waals surface area contributed by atoms with Crippen LogP contribution in [-0.4, -0.2) is 32.1 Å². The zero-order valence-corrected chi connectivity index (χ0v) is 17.1. The van der Waals surface area contributed by atoms with Crippen LogP contribution in [0.25, 0.3) is 11.1 Å². The first kappa shape index (κ1) is 19.1. The zero-order chi connectivity index (χ0) is 19.6. The van der Waals surface area contributed by atoms with Crippen molar-refractivity contribution in [2.45, 2.75) is 10.3 Å². The SMILES string of the molecule is COc1ccccc1[C@@H]1SCCN1S(=O)(=O)c1ccc(-c2ccccc2)cc1. The molecular formula is C22H21NO3S2. The molecule has 0 bridgehead atoms. The van der Waals surface area contributed by atoms with Crippen LogP contribution < -0.4 is 4.74 Å². The van der Waals surface area contributed by atoms with Crippen LogP contribution in [0.4, 0.5) is 0 Å². The second-order valence-corrected chi connectivity index (χ2v) is 9.55. The van der Waals surface area contributed by atoms with Gasteiger partial charge in [-0.1, -0.05) is 60.7 Å². The molecule has 1 aliphatic rings. The van der Waals surface area contributed by atoms with Crippen LogP contribution in [0.3, 0.4) is 0 Å². The third kappa shape index (κ3) is 3.55. The quantitative estimate of drug-likeness (QED) is 0.605. The van der Waals surface area contributed by atoms with Gasteiger partial charge in [0.05, 0.1) is 17.4 Å². The molecule has 3 aromatic rings. The van der Waals surface area contributed by atoms with E-state index >= 15 is 0 Å². The lowest BCUT2D eigenvalue weighted by molar-refractivity contribution is 0.390. The molecule has 0 radical (unpaired) electrons. The van der Waals surface area contributed by atoms with Crippen LogP contribution in [-0.2, 0) is 10.0 Å². The standard InChI is InChI=1S/C22H21NO3S2/c1-26-21-10-6-5-9-20(21)22-23(15-16-27-22)28(24,25)19-13-11-18(12-14-19)17-7-3-2-4-8-17/h2-14,22H,15-16H2,1H3/t22-/m0/s1. The molecule has 1 aliphatic heterocycles. The maximum absolute atomic E-state index is 13.3. The molecule has 0 spiro atoms. The lowest BCUT2D eigenvalue weighted by Crippen LogP contribution is -2.30. The molecule has 144 valence electrons. The van der Waals surface area contributed by atoms with Gasteiger partial charge in [-0.25, -0.2) is 8.42 Å². The zero-order valence-electron chi connectivity index (χ0n) is 15.5. The molecule has 4 rings (SSSR count). The fraction of sp³-hybridized carbons (Fsp3) is 0.182. The number of rotatable bonds is 5. The summed E-state index contributed by atoms with van der Waals surface area (Å²) in [5, 5.41) is -0.282. The van der Waals surface area contributed by atoms with Crippen molar-refractivity contribution in [3.05, 3.63) is 84.4 Å². The topological polar surface area (TPSA) is 46.6 Å². The summed E-state index contributed by atoms with van der Waals surface area (Å²) in [7, 11) is -1.99. The third-order valence-electron chi connectivity index (χ3n) is 4.82. The highest BCUT2D eigenvalue weighted by molar-refractivity contribution is 8.01. The molecule has 1 saturated heterocycles. The van der Waals surface area contributed by atoms with E-state index in [2.05, 4.69) is 0 Å². The largest absolute Gasteiger partial charge is 0.496 e. The number of hydrogen-bond donors (Lipinski definition) is 0. The Morgan fingerprint density at radius 1 is 0.893 bits per heavy atom. The molecular weight excluding hydrogens is 390 g/mol. The normalized spacial score (nSPS) is 17.5. The van der Waals surface area contributed by atoms with Crippen molar-refractivity contribution in [2.24, 2.45) is 0 Å². The first-order valence-electron chi connectivity index (χ1n) is 9.03. The molecule has 28 heavy (non-hydrogen) atoms. The minimum atomic E-state index is -3.60. The van der Waals surface area contributed by atoms with Gasteiger partial charge in [0.15, 0.2) is 0 Å². The molecule has 1 atom stereocenters. The van der Waals surface area contributed by atoms with Gasteiger partial charge in [0, 0.05) is 17.9 Å². The van der Waals surface area contributed by atoms with Crippen molar-refractivity contribution in [3.63, 3.8) is 0 Å². The first-order chi connectivity index (χ1) is 13.6. The molecule has 6 heteroatoms. The van der Waals surface area contributed by atoms with E-state index in [-0.39, 0.29) is 5.37 Å². The van der Waals surface area contributed by atoms with Gasteiger partial charge < -0.3 is 4.74 Å². The Kier molecular flexibility index (Phi) is 5.44. The van der Waals surface area contributed by atoms with Gasteiger partial charge in [-0.2, -0.15) is 4.31 Å². The first-order valence-corrected chi connectivity index (χ1v) is 11.5. The minimum absolute atomic E-state index is 0.282. The summed E-state index contributed by atoms with van der Waals surface area (Å²) in [5.74, 6) is 1.46. The van der Waals surface area contributed by atoms with E-state index in [1.54, 1.807) is 35.3 Å². The Balaban J connectivity index is 1.66. The van der Waals surface area contributed by atoms with Gasteiger partial charge in [-0.15, -0.1) is 11.8 Å². The Hall–Kier alpha value is -2.28. The molecule has 3 aromatic carbocycles. The molecule has 0 unspecified atom stereocenters. The smallest absolute Gasteiger partial charge is 0.244 e. The number of ether oxygens (including phenoxy) is 1.